The van der Waals surface area contributed by atoms with E-state index in [1.54, 1.807) is 6.07 Å². The van der Waals surface area contributed by atoms with Crippen LogP contribution >= 0.6 is 0 Å². The van der Waals surface area contributed by atoms with E-state index in [0.29, 0.717) is 5.69 Å². The second kappa shape index (κ2) is 4.12. The summed E-state index contributed by atoms with van der Waals surface area (Å²) in [5.74, 6) is 0.0154. The van der Waals surface area contributed by atoms with Gasteiger partial charge in [-0.3, -0.25) is 0 Å². The molecule has 0 aliphatic rings. The second-order valence-electron chi connectivity index (χ2n) is 3.62. The van der Waals surface area contributed by atoms with Crippen molar-refractivity contribution in [1.29, 1.82) is 5.26 Å². The summed E-state index contributed by atoms with van der Waals surface area (Å²) in [7, 11) is -3.30. The van der Waals surface area contributed by atoms with Crippen molar-refractivity contribution in [3.63, 3.8) is 0 Å². The molecule has 0 fully saturated rings. The summed E-state index contributed by atoms with van der Waals surface area (Å²) in [6.07, 6.45) is 2.44. The molecule has 7 nitrogen and oxygen atoms in total. The number of hydrogen-bond acceptors (Lipinski definition) is 6. The van der Waals surface area contributed by atoms with Gasteiger partial charge in [0.1, 0.15) is 12.4 Å². The average Bonchev–Trinajstić information content (AvgIpc) is 2.76. The van der Waals surface area contributed by atoms with E-state index in [9.17, 15) is 8.42 Å². The fourth-order valence-electron chi connectivity index (χ4n) is 1.40. The molecule has 0 saturated carbocycles. The third-order valence-corrected chi connectivity index (χ3v) is 3.38. The first-order chi connectivity index (χ1) is 8.41. The maximum Gasteiger partial charge on any atom is 0.252 e. The number of aromatic nitrogens is 3. The zero-order chi connectivity index (χ0) is 13.3. The molecule has 1 aromatic heterocycles. The largest absolute Gasteiger partial charge is 0.397 e. The number of sulfone groups is 1. The Morgan fingerprint density at radius 3 is 2.67 bits per heavy atom. The quantitative estimate of drug-likeness (QED) is 0.770. The molecule has 0 aliphatic heterocycles. The maximum atomic E-state index is 11.3. The number of rotatable bonds is 2. The van der Waals surface area contributed by atoms with E-state index in [1.807, 2.05) is 0 Å². The summed E-state index contributed by atoms with van der Waals surface area (Å²) in [5, 5.41) is 12.5. The molecule has 92 valence electrons. The van der Waals surface area contributed by atoms with Crippen LogP contribution in [0.3, 0.4) is 0 Å². The first-order valence-electron chi connectivity index (χ1n) is 4.83. The monoisotopic (exact) mass is 263 g/mol. The van der Waals surface area contributed by atoms with Crippen LogP contribution in [-0.4, -0.2) is 29.4 Å². The molecule has 0 spiro atoms. The summed E-state index contributed by atoms with van der Waals surface area (Å²) in [5.41, 5.74) is 6.48. The minimum absolute atomic E-state index is 0.0154. The second-order valence-corrected chi connectivity index (χ2v) is 5.63. The Kier molecular flexibility index (Phi) is 2.76. The van der Waals surface area contributed by atoms with Gasteiger partial charge in [-0.25, -0.2) is 18.1 Å². The van der Waals surface area contributed by atoms with Crippen LogP contribution in [0.25, 0.3) is 5.69 Å². The highest BCUT2D eigenvalue weighted by atomic mass is 32.2. The van der Waals surface area contributed by atoms with Gasteiger partial charge in [-0.1, -0.05) is 0 Å². The number of nitrogen functional groups attached to an aromatic ring is 1. The molecule has 0 atom stereocenters. The van der Waals surface area contributed by atoms with Gasteiger partial charge >= 0.3 is 0 Å². The predicted molar refractivity (Wildman–Crippen MR) is 63.6 cm³/mol. The van der Waals surface area contributed by atoms with Crippen LogP contribution < -0.4 is 5.73 Å². The molecule has 0 saturated heterocycles. The minimum Gasteiger partial charge on any atom is -0.397 e. The van der Waals surface area contributed by atoms with Crippen LogP contribution in [0.2, 0.25) is 0 Å². The number of benzene rings is 1. The number of nitriles is 1. The van der Waals surface area contributed by atoms with E-state index in [0.717, 1.165) is 6.26 Å². The molecule has 2 aromatic rings. The van der Waals surface area contributed by atoms with Crippen molar-refractivity contribution < 1.29 is 8.42 Å². The molecule has 2 N–H and O–H groups in total. The van der Waals surface area contributed by atoms with Gasteiger partial charge in [-0.05, 0) is 18.2 Å². The molecule has 8 heteroatoms. The van der Waals surface area contributed by atoms with Crippen molar-refractivity contribution in [1.82, 2.24) is 14.8 Å². The summed E-state index contributed by atoms with van der Waals surface area (Å²) in [4.78, 5) is 3.87. The molecular formula is C10H9N5O2S. The smallest absolute Gasteiger partial charge is 0.252 e. The van der Waals surface area contributed by atoms with E-state index in [4.69, 9.17) is 11.0 Å². The molecule has 0 bridgehead atoms. The molecule has 0 radical (unpaired) electrons. The van der Waals surface area contributed by atoms with Gasteiger partial charge in [0, 0.05) is 6.26 Å². The normalized spacial score (nSPS) is 11.1. The Bertz CT molecular complexity index is 742. The Morgan fingerprint density at radius 1 is 1.44 bits per heavy atom. The van der Waals surface area contributed by atoms with Crippen LogP contribution in [0.4, 0.5) is 5.69 Å². The number of anilines is 1. The minimum atomic E-state index is -3.30. The SMILES string of the molecule is CS(=O)(=O)c1ccc(-n2cnc(C#N)n2)c(N)c1. The van der Waals surface area contributed by atoms with E-state index in [-0.39, 0.29) is 16.4 Å². The number of nitrogens with zero attached hydrogens (tertiary/aromatic N) is 4. The van der Waals surface area contributed by atoms with Crippen LogP contribution in [0.15, 0.2) is 29.4 Å². The molecular weight excluding hydrogens is 254 g/mol. The van der Waals surface area contributed by atoms with Gasteiger partial charge in [0.2, 0.25) is 0 Å². The highest BCUT2D eigenvalue weighted by Crippen LogP contribution is 2.20. The van der Waals surface area contributed by atoms with Gasteiger partial charge in [0.25, 0.3) is 5.82 Å². The van der Waals surface area contributed by atoms with Gasteiger partial charge < -0.3 is 5.73 Å². The Morgan fingerprint density at radius 2 is 2.17 bits per heavy atom. The van der Waals surface area contributed by atoms with Crippen molar-refractivity contribution in [2.45, 2.75) is 4.90 Å². The first kappa shape index (κ1) is 12.1. The van der Waals surface area contributed by atoms with Crippen LogP contribution in [0, 0.1) is 11.3 Å². The lowest BCUT2D eigenvalue weighted by atomic mass is 10.3. The zero-order valence-electron chi connectivity index (χ0n) is 9.40. The van der Waals surface area contributed by atoms with Gasteiger partial charge in [-0.15, -0.1) is 5.10 Å². The number of nitrogens with two attached hydrogens (primary N) is 1. The van der Waals surface area contributed by atoms with E-state index in [1.165, 1.54) is 29.2 Å². The molecule has 0 aliphatic carbocycles. The lowest BCUT2D eigenvalue weighted by molar-refractivity contribution is 0.602. The lowest BCUT2D eigenvalue weighted by Gasteiger charge is -2.06. The Balaban J connectivity index is 2.52. The van der Waals surface area contributed by atoms with E-state index < -0.39 is 9.84 Å². The molecule has 0 unspecified atom stereocenters. The maximum absolute atomic E-state index is 11.3. The highest BCUT2D eigenvalue weighted by molar-refractivity contribution is 7.90. The Hall–Kier alpha value is -2.40. The fourth-order valence-corrected chi connectivity index (χ4v) is 2.06. The van der Waals surface area contributed by atoms with Crippen molar-refractivity contribution in [2.75, 3.05) is 12.0 Å². The third kappa shape index (κ3) is 2.16. The van der Waals surface area contributed by atoms with Crippen molar-refractivity contribution in [3.8, 4) is 11.8 Å². The predicted octanol–water partition coefficient (Wildman–Crippen LogP) is 0.125. The average molecular weight is 263 g/mol. The van der Waals surface area contributed by atoms with E-state index in [2.05, 4.69) is 10.1 Å². The molecule has 2 rings (SSSR count). The highest BCUT2D eigenvalue weighted by Gasteiger charge is 2.11. The van der Waals surface area contributed by atoms with Crippen molar-refractivity contribution in [3.05, 3.63) is 30.4 Å². The number of hydrogen-bond donors (Lipinski definition) is 1. The first-order valence-corrected chi connectivity index (χ1v) is 6.72. The van der Waals surface area contributed by atoms with Crippen LogP contribution in [-0.2, 0) is 9.84 Å². The van der Waals surface area contributed by atoms with Gasteiger partial charge in [-0.2, -0.15) is 5.26 Å². The van der Waals surface area contributed by atoms with Gasteiger partial charge in [0.05, 0.1) is 16.3 Å². The summed E-state index contributed by atoms with van der Waals surface area (Å²) < 4.78 is 24.0. The van der Waals surface area contributed by atoms with Crippen molar-refractivity contribution in [2.24, 2.45) is 0 Å². The molecule has 18 heavy (non-hydrogen) atoms. The molecule has 0 amide bonds. The zero-order valence-corrected chi connectivity index (χ0v) is 10.2. The van der Waals surface area contributed by atoms with Crippen LogP contribution in [0.1, 0.15) is 5.82 Å². The molecule has 1 heterocycles. The van der Waals surface area contributed by atoms with E-state index >= 15 is 0 Å². The van der Waals surface area contributed by atoms with Crippen LogP contribution in [0.5, 0.6) is 0 Å². The van der Waals surface area contributed by atoms with Crippen molar-refractivity contribution >= 4 is 15.5 Å². The molecule has 1 aromatic carbocycles. The van der Waals surface area contributed by atoms with Gasteiger partial charge in [0.15, 0.2) is 9.84 Å². The standard InChI is InChI=1S/C10H9N5O2S/c1-18(16,17)7-2-3-9(8(12)4-7)15-6-13-10(5-11)14-15/h2-4,6H,12H2,1H3. The fraction of sp³-hybridized carbons (Fsp3) is 0.100. The lowest BCUT2D eigenvalue weighted by Crippen LogP contribution is -2.04. The summed E-state index contributed by atoms with van der Waals surface area (Å²) in [6.45, 7) is 0. The Labute approximate surface area is 103 Å². The topological polar surface area (TPSA) is 115 Å². The summed E-state index contributed by atoms with van der Waals surface area (Å²) >= 11 is 0. The summed E-state index contributed by atoms with van der Waals surface area (Å²) in [6, 6.07) is 6.08. The third-order valence-electron chi connectivity index (χ3n) is 2.27.